The average Bonchev–Trinajstić information content (AvgIpc) is 3.23. The van der Waals surface area contributed by atoms with E-state index in [0.29, 0.717) is 0 Å². The SMILES string of the molecule is COc1cc(=C2C=c3sccc3=N2)[nH]c1=Cc1[nH]c(C)cc1C. The van der Waals surface area contributed by atoms with Gasteiger partial charge in [-0.2, -0.15) is 0 Å². The Morgan fingerprint density at radius 3 is 2.78 bits per heavy atom. The van der Waals surface area contributed by atoms with E-state index in [1.165, 1.54) is 10.1 Å². The zero-order valence-corrected chi connectivity index (χ0v) is 14.0. The van der Waals surface area contributed by atoms with Crippen molar-refractivity contribution in [3.8, 4) is 5.75 Å². The Kier molecular flexibility index (Phi) is 3.23. The summed E-state index contributed by atoms with van der Waals surface area (Å²) < 4.78 is 6.72. The first-order chi connectivity index (χ1) is 11.1. The first-order valence-corrected chi connectivity index (χ1v) is 8.31. The fourth-order valence-electron chi connectivity index (χ4n) is 2.85. The summed E-state index contributed by atoms with van der Waals surface area (Å²) in [7, 11) is 1.69. The molecule has 0 aliphatic carbocycles. The smallest absolute Gasteiger partial charge is 0.144 e. The second kappa shape index (κ2) is 5.28. The number of methoxy groups -OCH3 is 1. The van der Waals surface area contributed by atoms with Crippen molar-refractivity contribution in [2.75, 3.05) is 7.11 Å². The molecule has 4 nitrogen and oxygen atoms in total. The van der Waals surface area contributed by atoms with Gasteiger partial charge in [0.25, 0.3) is 0 Å². The van der Waals surface area contributed by atoms with Crippen molar-refractivity contribution in [2.45, 2.75) is 13.8 Å². The lowest BCUT2D eigenvalue weighted by molar-refractivity contribution is 0.412. The number of fused-ring (bicyclic) bond motifs is 1. The highest BCUT2D eigenvalue weighted by atomic mass is 32.1. The Bertz CT molecular complexity index is 1100. The van der Waals surface area contributed by atoms with Gasteiger partial charge in [-0.1, -0.05) is 0 Å². The number of rotatable bonds is 2. The van der Waals surface area contributed by atoms with Crippen molar-refractivity contribution in [1.82, 2.24) is 9.97 Å². The molecule has 4 heterocycles. The summed E-state index contributed by atoms with van der Waals surface area (Å²) in [4.78, 5) is 11.5. The van der Waals surface area contributed by atoms with Crippen molar-refractivity contribution < 1.29 is 4.74 Å². The molecular formula is C18H17N3OS. The fraction of sp³-hybridized carbons (Fsp3) is 0.167. The molecule has 4 rings (SSSR count). The Hall–Kier alpha value is -2.53. The van der Waals surface area contributed by atoms with Crippen LogP contribution in [0.15, 0.2) is 28.6 Å². The predicted molar refractivity (Wildman–Crippen MR) is 93.4 cm³/mol. The number of thiophene rings is 1. The molecule has 0 fully saturated rings. The fourth-order valence-corrected chi connectivity index (χ4v) is 3.61. The number of ether oxygens (including phenoxy) is 1. The molecule has 2 N–H and O–H groups in total. The minimum absolute atomic E-state index is 0.818. The van der Waals surface area contributed by atoms with Crippen molar-refractivity contribution in [3.63, 3.8) is 0 Å². The number of aromatic nitrogens is 2. The molecular weight excluding hydrogens is 306 g/mol. The number of H-pyrrole nitrogens is 2. The lowest BCUT2D eigenvalue weighted by Crippen LogP contribution is -2.12. The lowest BCUT2D eigenvalue weighted by Gasteiger charge is -1.94. The van der Waals surface area contributed by atoms with Crippen molar-refractivity contribution in [1.29, 1.82) is 0 Å². The summed E-state index contributed by atoms with van der Waals surface area (Å²) in [6.07, 6.45) is 4.19. The zero-order valence-electron chi connectivity index (χ0n) is 13.2. The molecule has 3 aromatic heterocycles. The maximum Gasteiger partial charge on any atom is 0.144 e. The first kappa shape index (κ1) is 14.1. The molecule has 23 heavy (non-hydrogen) atoms. The van der Waals surface area contributed by atoms with E-state index in [2.05, 4.69) is 52.4 Å². The van der Waals surface area contributed by atoms with Crippen molar-refractivity contribution in [2.24, 2.45) is 4.99 Å². The van der Waals surface area contributed by atoms with Crippen LogP contribution < -0.4 is 25.3 Å². The van der Waals surface area contributed by atoms with Gasteiger partial charge in [0.2, 0.25) is 0 Å². The largest absolute Gasteiger partial charge is 0.494 e. The number of aryl methyl sites for hydroxylation is 2. The predicted octanol–water partition coefficient (Wildman–Crippen LogP) is 1.08. The van der Waals surface area contributed by atoms with Crippen LogP contribution in [0.3, 0.4) is 0 Å². The maximum absolute atomic E-state index is 5.52. The average molecular weight is 323 g/mol. The van der Waals surface area contributed by atoms with Gasteiger partial charge < -0.3 is 14.7 Å². The van der Waals surface area contributed by atoms with Gasteiger partial charge in [0.15, 0.2) is 0 Å². The molecule has 0 saturated carbocycles. The second-order valence-electron chi connectivity index (χ2n) is 5.67. The molecule has 116 valence electrons. The van der Waals surface area contributed by atoms with E-state index < -0.39 is 0 Å². The van der Waals surface area contributed by atoms with Crippen LogP contribution in [0.2, 0.25) is 0 Å². The lowest BCUT2D eigenvalue weighted by atomic mass is 10.2. The van der Waals surface area contributed by atoms with E-state index in [1.54, 1.807) is 18.4 Å². The monoisotopic (exact) mass is 323 g/mol. The van der Waals surface area contributed by atoms with Crippen LogP contribution in [0.4, 0.5) is 0 Å². The van der Waals surface area contributed by atoms with E-state index in [9.17, 15) is 0 Å². The minimum atomic E-state index is 0.818. The molecule has 0 unspecified atom stereocenters. The van der Waals surface area contributed by atoms with E-state index in [1.807, 2.05) is 12.1 Å². The van der Waals surface area contributed by atoms with Crippen LogP contribution in [0, 0.1) is 13.8 Å². The highest BCUT2D eigenvalue weighted by molar-refractivity contribution is 7.07. The summed E-state index contributed by atoms with van der Waals surface area (Å²) >= 11 is 1.71. The second-order valence-corrected chi connectivity index (χ2v) is 6.62. The highest BCUT2D eigenvalue weighted by Gasteiger charge is 2.07. The van der Waals surface area contributed by atoms with Gasteiger partial charge in [-0.25, -0.2) is 4.99 Å². The van der Waals surface area contributed by atoms with E-state index in [4.69, 9.17) is 4.74 Å². The van der Waals surface area contributed by atoms with Crippen molar-refractivity contribution >= 4 is 29.2 Å². The molecule has 0 atom stereocenters. The Labute approximate surface area is 137 Å². The Balaban J connectivity index is 1.92. The Morgan fingerprint density at radius 2 is 2.09 bits per heavy atom. The third-order valence-electron chi connectivity index (χ3n) is 3.97. The minimum Gasteiger partial charge on any atom is -0.494 e. The van der Waals surface area contributed by atoms with Crippen LogP contribution >= 0.6 is 11.3 Å². The highest BCUT2D eigenvalue weighted by Crippen LogP contribution is 2.10. The third kappa shape index (κ3) is 2.43. The van der Waals surface area contributed by atoms with E-state index in [0.717, 1.165) is 38.9 Å². The number of nitrogens with one attached hydrogen (secondary N) is 2. The van der Waals surface area contributed by atoms with Crippen molar-refractivity contribution in [3.05, 3.63) is 61.1 Å². The topological polar surface area (TPSA) is 53.2 Å². The molecule has 3 aromatic rings. The van der Waals surface area contributed by atoms with Crippen LogP contribution in [0.5, 0.6) is 5.75 Å². The molecule has 0 bridgehead atoms. The standard InChI is InChI=1S/C18H17N3OS/c1-10-6-11(2)19-13(10)7-16-17(22-3)8-14(21-16)15-9-18-12(20-15)4-5-23-18/h4-9,19,21H,1-3H3. The summed E-state index contributed by atoms with van der Waals surface area (Å²) in [5.41, 5.74) is 4.40. The van der Waals surface area contributed by atoms with Crippen LogP contribution in [-0.4, -0.2) is 17.1 Å². The normalized spacial score (nSPS) is 16.2. The summed E-state index contributed by atoms with van der Waals surface area (Å²) in [6, 6.07) is 6.18. The molecule has 0 radical (unpaired) electrons. The molecule has 0 amide bonds. The summed E-state index contributed by atoms with van der Waals surface area (Å²) in [6.45, 7) is 4.15. The number of hydrogen-bond donors (Lipinski definition) is 2. The van der Waals surface area contributed by atoms with Crippen LogP contribution in [-0.2, 0) is 0 Å². The molecule has 1 aliphatic rings. The van der Waals surface area contributed by atoms with Gasteiger partial charge in [0.05, 0.1) is 33.4 Å². The van der Waals surface area contributed by atoms with E-state index in [-0.39, 0.29) is 0 Å². The van der Waals surface area contributed by atoms with Gasteiger partial charge >= 0.3 is 0 Å². The summed E-state index contributed by atoms with van der Waals surface area (Å²) in [5, 5.41) is 5.02. The quantitative estimate of drug-likeness (QED) is 0.728. The van der Waals surface area contributed by atoms with E-state index >= 15 is 0 Å². The van der Waals surface area contributed by atoms with Gasteiger partial charge in [-0.15, -0.1) is 11.3 Å². The number of hydrogen-bond acceptors (Lipinski definition) is 3. The van der Waals surface area contributed by atoms with Gasteiger partial charge in [-0.3, -0.25) is 0 Å². The van der Waals surface area contributed by atoms with Crippen LogP contribution in [0.1, 0.15) is 17.0 Å². The molecule has 0 aromatic carbocycles. The first-order valence-electron chi connectivity index (χ1n) is 7.43. The Morgan fingerprint density at radius 1 is 1.22 bits per heavy atom. The van der Waals surface area contributed by atoms with Gasteiger partial charge in [-0.05, 0) is 49.1 Å². The third-order valence-corrected chi connectivity index (χ3v) is 4.82. The zero-order chi connectivity index (χ0) is 16.0. The van der Waals surface area contributed by atoms with Gasteiger partial charge in [0, 0.05) is 17.5 Å². The summed E-state index contributed by atoms with van der Waals surface area (Å²) in [5.74, 6) is 0.818. The number of aromatic amines is 2. The molecule has 1 aliphatic heterocycles. The van der Waals surface area contributed by atoms with Gasteiger partial charge in [0.1, 0.15) is 5.75 Å². The molecule has 0 saturated heterocycles. The van der Waals surface area contributed by atoms with Crippen LogP contribution in [0.25, 0.3) is 17.8 Å². The molecule has 0 spiro atoms. The number of nitrogens with zero attached hydrogens (tertiary/aromatic N) is 1. The maximum atomic E-state index is 5.52. The molecule has 5 heteroatoms.